The minimum absolute atomic E-state index is 0.114. The Morgan fingerprint density at radius 1 is 1.21 bits per heavy atom. The normalized spacial score (nSPS) is 17.4. The molecule has 2 amide bonds. The van der Waals surface area contributed by atoms with Crippen molar-refractivity contribution in [3.63, 3.8) is 0 Å². The van der Waals surface area contributed by atoms with Crippen LogP contribution >= 0.6 is 0 Å². The van der Waals surface area contributed by atoms with E-state index >= 15 is 0 Å². The molecule has 28 heavy (non-hydrogen) atoms. The molecule has 0 saturated carbocycles. The summed E-state index contributed by atoms with van der Waals surface area (Å²) in [6.07, 6.45) is -0.686. The van der Waals surface area contributed by atoms with E-state index in [-0.39, 0.29) is 37.8 Å². The summed E-state index contributed by atoms with van der Waals surface area (Å²) in [5.41, 5.74) is 0.989. The number of hydrogen-bond acceptors (Lipinski definition) is 6. The van der Waals surface area contributed by atoms with Gasteiger partial charge in [-0.15, -0.1) is 0 Å². The molecular formula is C21H27NO6. The third-order valence-corrected chi connectivity index (χ3v) is 4.73. The molecule has 1 fully saturated rings. The first-order valence-corrected chi connectivity index (χ1v) is 9.54. The molecule has 2 atom stereocenters. The molecule has 0 spiro atoms. The summed E-state index contributed by atoms with van der Waals surface area (Å²) < 4.78 is 9.90. The number of cyclic esters (lactones) is 1. The summed E-state index contributed by atoms with van der Waals surface area (Å²) >= 11 is 0. The second-order valence-corrected chi connectivity index (χ2v) is 7.20. The Morgan fingerprint density at radius 2 is 1.89 bits per heavy atom. The van der Waals surface area contributed by atoms with Gasteiger partial charge in [-0.2, -0.15) is 0 Å². The van der Waals surface area contributed by atoms with Gasteiger partial charge in [-0.3, -0.25) is 14.4 Å². The van der Waals surface area contributed by atoms with E-state index in [4.69, 9.17) is 9.47 Å². The zero-order valence-corrected chi connectivity index (χ0v) is 16.6. The maximum Gasteiger partial charge on any atom is 0.416 e. The summed E-state index contributed by atoms with van der Waals surface area (Å²) in [5, 5.41) is 0. The molecule has 2 rings (SSSR count). The average molecular weight is 389 g/mol. The van der Waals surface area contributed by atoms with E-state index < -0.39 is 29.9 Å². The Labute approximate surface area is 165 Å². The van der Waals surface area contributed by atoms with Crippen molar-refractivity contribution in [1.29, 1.82) is 0 Å². The molecule has 0 bridgehead atoms. The number of rotatable bonds is 9. The minimum Gasteiger partial charge on any atom is -0.466 e. The van der Waals surface area contributed by atoms with E-state index in [2.05, 4.69) is 0 Å². The molecule has 1 aromatic rings. The molecule has 0 aliphatic carbocycles. The SMILES string of the molecule is CCOC(=O)CC(=O)C[C@H](C(=O)N1C(=O)OC[C@@H]1Cc1ccccc1)C(C)C. The molecule has 1 saturated heterocycles. The van der Waals surface area contributed by atoms with Crippen LogP contribution in [0.1, 0.15) is 39.2 Å². The van der Waals surface area contributed by atoms with Crippen LogP contribution in [0.25, 0.3) is 0 Å². The molecule has 0 aromatic heterocycles. The first-order chi connectivity index (χ1) is 13.3. The van der Waals surface area contributed by atoms with Crippen molar-refractivity contribution in [2.45, 2.75) is 46.1 Å². The van der Waals surface area contributed by atoms with Gasteiger partial charge in [0.15, 0.2) is 0 Å². The number of ketones is 1. The average Bonchev–Trinajstić information content (AvgIpc) is 3.00. The fraction of sp³-hybridized carbons (Fsp3) is 0.524. The van der Waals surface area contributed by atoms with Crippen LogP contribution in [0.5, 0.6) is 0 Å². The van der Waals surface area contributed by atoms with Crippen LogP contribution < -0.4 is 0 Å². The van der Waals surface area contributed by atoms with Crippen molar-refractivity contribution in [3.8, 4) is 0 Å². The molecule has 1 aromatic carbocycles. The third kappa shape index (κ3) is 5.65. The number of carbonyl (C=O) groups excluding carboxylic acids is 4. The van der Waals surface area contributed by atoms with Gasteiger partial charge in [-0.05, 0) is 24.8 Å². The molecule has 1 aliphatic rings. The molecule has 1 aliphatic heterocycles. The van der Waals surface area contributed by atoms with E-state index in [0.717, 1.165) is 10.5 Å². The highest BCUT2D eigenvalue weighted by Gasteiger charge is 2.42. The van der Waals surface area contributed by atoms with Crippen LogP contribution in [-0.4, -0.2) is 47.9 Å². The van der Waals surface area contributed by atoms with Gasteiger partial charge in [0.25, 0.3) is 0 Å². The fourth-order valence-electron chi connectivity index (χ4n) is 3.24. The van der Waals surface area contributed by atoms with Gasteiger partial charge in [0.1, 0.15) is 18.8 Å². The number of hydrogen-bond donors (Lipinski definition) is 0. The number of amides is 2. The Kier molecular flexibility index (Phi) is 7.72. The molecule has 1 heterocycles. The van der Waals surface area contributed by atoms with E-state index in [9.17, 15) is 19.2 Å². The maximum atomic E-state index is 13.1. The van der Waals surface area contributed by atoms with Crippen LogP contribution in [0.15, 0.2) is 30.3 Å². The molecule has 7 heteroatoms. The maximum absolute atomic E-state index is 13.1. The summed E-state index contributed by atoms with van der Waals surface area (Å²) in [5.74, 6) is -2.30. The highest BCUT2D eigenvalue weighted by atomic mass is 16.6. The van der Waals surface area contributed by atoms with Crippen LogP contribution in [0.3, 0.4) is 0 Å². The Morgan fingerprint density at radius 3 is 2.50 bits per heavy atom. The van der Waals surface area contributed by atoms with Crippen LogP contribution in [0.4, 0.5) is 4.79 Å². The molecular weight excluding hydrogens is 362 g/mol. The summed E-state index contributed by atoms with van der Waals surface area (Å²) in [6, 6.07) is 9.12. The largest absolute Gasteiger partial charge is 0.466 e. The molecule has 0 radical (unpaired) electrons. The van der Waals surface area contributed by atoms with E-state index in [1.54, 1.807) is 6.92 Å². The highest BCUT2D eigenvalue weighted by Crippen LogP contribution is 2.25. The lowest BCUT2D eigenvalue weighted by molar-refractivity contribution is -0.147. The van der Waals surface area contributed by atoms with E-state index in [0.29, 0.717) is 6.42 Å². The molecule has 0 N–H and O–H groups in total. The summed E-state index contributed by atoms with van der Waals surface area (Å²) in [4.78, 5) is 50.2. The Bertz CT molecular complexity index is 715. The van der Waals surface area contributed by atoms with Crippen LogP contribution in [-0.2, 0) is 30.3 Å². The Hall–Kier alpha value is -2.70. The first kappa shape index (κ1) is 21.6. The number of benzene rings is 1. The molecule has 7 nitrogen and oxygen atoms in total. The lowest BCUT2D eigenvalue weighted by Gasteiger charge is -2.26. The van der Waals surface area contributed by atoms with Crippen LogP contribution in [0.2, 0.25) is 0 Å². The topological polar surface area (TPSA) is 90.0 Å². The van der Waals surface area contributed by atoms with Crippen LogP contribution in [0, 0.1) is 11.8 Å². The molecule has 152 valence electrons. The smallest absolute Gasteiger partial charge is 0.416 e. The lowest BCUT2D eigenvalue weighted by atomic mass is 9.88. The van der Waals surface area contributed by atoms with Crippen molar-refractivity contribution < 1.29 is 28.7 Å². The number of nitrogens with zero attached hydrogens (tertiary/aromatic N) is 1. The number of imide groups is 1. The Balaban J connectivity index is 2.10. The summed E-state index contributed by atoms with van der Waals surface area (Å²) in [7, 11) is 0. The standard InChI is InChI=1S/C21H27NO6/c1-4-27-19(24)12-17(23)11-18(14(2)3)20(25)22-16(13-28-21(22)26)10-15-8-6-5-7-9-15/h5-9,14,16,18H,4,10-13H2,1-3H3/t16-,18-/m0/s1. The number of carbonyl (C=O) groups is 4. The van der Waals surface area contributed by atoms with Crippen molar-refractivity contribution in [3.05, 3.63) is 35.9 Å². The van der Waals surface area contributed by atoms with Crippen molar-refractivity contribution in [2.75, 3.05) is 13.2 Å². The second kappa shape index (κ2) is 10.0. The van der Waals surface area contributed by atoms with E-state index in [1.807, 2.05) is 44.2 Å². The first-order valence-electron chi connectivity index (χ1n) is 9.54. The molecule has 0 unspecified atom stereocenters. The number of esters is 1. The monoisotopic (exact) mass is 389 g/mol. The zero-order chi connectivity index (χ0) is 20.7. The predicted octanol–water partition coefficient (Wildman–Crippen LogP) is 2.76. The van der Waals surface area contributed by atoms with Gasteiger partial charge in [-0.1, -0.05) is 44.2 Å². The van der Waals surface area contributed by atoms with Gasteiger partial charge in [0.05, 0.1) is 12.6 Å². The van der Waals surface area contributed by atoms with Crippen molar-refractivity contribution in [1.82, 2.24) is 4.90 Å². The minimum atomic E-state index is -0.703. The quantitative estimate of drug-likeness (QED) is 0.476. The van der Waals surface area contributed by atoms with Gasteiger partial charge in [0, 0.05) is 12.3 Å². The van der Waals surface area contributed by atoms with Gasteiger partial charge >= 0.3 is 12.1 Å². The lowest BCUT2D eigenvalue weighted by Crippen LogP contribution is -2.45. The highest BCUT2D eigenvalue weighted by molar-refractivity contribution is 6.00. The third-order valence-electron chi connectivity index (χ3n) is 4.73. The van der Waals surface area contributed by atoms with E-state index in [1.165, 1.54) is 0 Å². The second-order valence-electron chi connectivity index (χ2n) is 7.20. The van der Waals surface area contributed by atoms with Gasteiger partial charge in [0.2, 0.25) is 5.91 Å². The van der Waals surface area contributed by atoms with Gasteiger partial charge in [-0.25, -0.2) is 9.69 Å². The summed E-state index contributed by atoms with van der Waals surface area (Å²) in [6.45, 7) is 5.61. The van der Waals surface area contributed by atoms with Crippen molar-refractivity contribution in [2.24, 2.45) is 11.8 Å². The zero-order valence-electron chi connectivity index (χ0n) is 16.6. The van der Waals surface area contributed by atoms with Gasteiger partial charge < -0.3 is 9.47 Å². The predicted molar refractivity (Wildman–Crippen MR) is 101 cm³/mol. The fourth-order valence-corrected chi connectivity index (χ4v) is 3.24. The number of ether oxygens (including phenoxy) is 2. The number of Topliss-reactive ketones (excluding diaryl/α,β-unsaturated/α-hetero) is 1. The van der Waals surface area contributed by atoms with Crippen molar-refractivity contribution >= 4 is 23.8 Å².